The van der Waals surface area contributed by atoms with Crippen molar-refractivity contribution in [3.8, 4) is 0 Å². The molecule has 0 radical (unpaired) electrons. The molecular weight excluding hydrogens is 188 g/mol. The van der Waals surface area contributed by atoms with Gasteiger partial charge < -0.3 is 10.6 Å². The summed E-state index contributed by atoms with van der Waals surface area (Å²) >= 11 is 0. The lowest BCUT2D eigenvalue weighted by Crippen LogP contribution is -2.33. The minimum absolute atomic E-state index is 0.0549. The summed E-state index contributed by atoms with van der Waals surface area (Å²) in [7, 11) is 1.94. The van der Waals surface area contributed by atoms with Gasteiger partial charge in [0.25, 0.3) is 0 Å². The Kier molecular flexibility index (Phi) is 2.27. The quantitative estimate of drug-likeness (QED) is 0.769. The van der Waals surface area contributed by atoms with Crippen LogP contribution in [0.4, 0.5) is 5.69 Å². The predicted molar refractivity (Wildman–Crippen MR) is 60.9 cm³/mol. The molecule has 0 saturated carbocycles. The fraction of sp³-hybridized carbons (Fsp3) is 0.417. The Balaban J connectivity index is 2.39. The lowest BCUT2D eigenvalue weighted by atomic mass is 9.92. The van der Waals surface area contributed by atoms with Crippen LogP contribution in [0.5, 0.6) is 0 Å². The van der Waals surface area contributed by atoms with Gasteiger partial charge in [0.2, 0.25) is 5.91 Å². The van der Waals surface area contributed by atoms with Crippen LogP contribution in [-0.2, 0) is 16.8 Å². The monoisotopic (exact) mass is 204 g/mol. The number of anilines is 1. The summed E-state index contributed by atoms with van der Waals surface area (Å²) < 4.78 is 0. The lowest BCUT2D eigenvalue weighted by Gasteiger charge is -2.25. The van der Waals surface area contributed by atoms with Crippen molar-refractivity contribution in [2.45, 2.75) is 25.8 Å². The fourth-order valence-corrected chi connectivity index (χ4v) is 1.76. The van der Waals surface area contributed by atoms with Gasteiger partial charge in [-0.1, -0.05) is 12.1 Å². The molecule has 0 fully saturated rings. The molecule has 1 aliphatic heterocycles. The van der Waals surface area contributed by atoms with Crippen LogP contribution in [-0.4, -0.2) is 13.0 Å². The van der Waals surface area contributed by atoms with Gasteiger partial charge in [0, 0.05) is 11.2 Å². The third-order valence-electron chi connectivity index (χ3n) is 3.08. The van der Waals surface area contributed by atoms with Crippen molar-refractivity contribution < 1.29 is 4.79 Å². The number of fused-ring (bicyclic) bond motifs is 1. The number of amides is 1. The second-order valence-corrected chi connectivity index (χ2v) is 4.47. The van der Waals surface area contributed by atoms with Gasteiger partial charge in [0.15, 0.2) is 0 Å². The minimum atomic E-state index is -0.0549. The average Bonchev–Trinajstić information content (AvgIpc) is 2.56. The molecule has 1 aromatic rings. The van der Waals surface area contributed by atoms with Gasteiger partial charge in [-0.3, -0.25) is 4.79 Å². The van der Waals surface area contributed by atoms with Crippen LogP contribution in [0.15, 0.2) is 18.2 Å². The van der Waals surface area contributed by atoms with Crippen molar-refractivity contribution >= 4 is 11.6 Å². The smallest absolute Gasteiger partial charge is 0.228 e. The van der Waals surface area contributed by atoms with Gasteiger partial charge >= 0.3 is 0 Å². The van der Waals surface area contributed by atoms with E-state index in [0.29, 0.717) is 6.42 Å². The largest absolute Gasteiger partial charge is 0.326 e. The van der Waals surface area contributed by atoms with Gasteiger partial charge in [-0.15, -0.1) is 0 Å². The topological polar surface area (TPSA) is 41.1 Å². The van der Waals surface area contributed by atoms with Crippen molar-refractivity contribution in [3.05, 3.63) is 29.3 Å². The maximum Gasteiger partial charge on any atom is 0.228 e. The van der Waals surface area contributed by atoms with E-state index in [9.17, 15) is 4.79 Å². The van der Waals surface area contributed by atoms with Crippen LogP contribution < -0.4 is 10.6 Å². The number of benzene rings is 1. The molecule has 3 heteroatoms. The van der Waals surface area contributed by atoms with Crippen molar-refractivity contribution in [2.75, 3.05) is 12.4 Å². The van der Waals surface area contributed by atoms with Crippen molar-refractivity contribution in [3.63, 3.8) is 0 Å². The Morgan fingerprint density at radius 1 is 1.40 bits per heavy atom. The summed E-state index contributed by atoms with van der Waals surface area (Å²) in [4.78, 5) is 11.2. The van der Waals surface area contributed by atoms with Crippen molar-refractivity contribution in [2.24, 2.45) is 0 Å². The Morgan fingerprint density at radius 3 is 2.80 bits per heavy atom. The molecule has 2 rings (SSSR count). The first kappa shape index (κ1) is 10.2. The highest BCUT2D eigenvalue weighted by atomic mass is 16.1. The molecule has 2 N–H and O–H groups in total. The highest BCUT2D eigenvalue weighted by Gasteiger charge is 2.22. The third kappa shape index (κ3) is 1.75. The van der Waals surface area contributed by atoms with Gasteiger partial charge in [0.05, 0.1) is 6.42 Å². The number of rotatable bonds is 2. The molecule has 1 amide bonds. The zero-order valence-corrected chi connectivity index (χ0v) is 9.35. The molecule has 0 bridgehead atoms. The van der Waals surface area contributed by atoms with Crippen LogP contribution in [0.1, 0.15) is 25.0 Å². The molecule has 0 aliphatic carbocycles. The molecule has 1 aromatic carbocycles. The zero-order valence-electron chi connectivity index (χ0n) is 9.35. The van der Waals surface area contributed by atoms with E-state index >= 15 is 0 Å². The summed E-state index contributed by atoms with van der Waals surface area (Å²) in [6, 6.07) is 6.14. The van der Waals surface area contributed by atoms with E-state index in [1.54, 1.807) is 0 Å². The molecule has 1 heterocycles. The Hall–Kier alpha value is -1.35. The SMILES string of the molecule is CNC(C)(C)c1ccc2c(c1)CC(=O)N2. The lowest BCUT2D eigenvalue weighted by molar-refractivity contribution is -0.115. The predicted octanol–water partition coefficient (Wildman–Crippen LogP) is 1.64. The molecule has 3 nitrogen and oxygen atoms in total. The molecule has 0 spiro atoms. The number of hydrogen-bond acceptors (Lipinski definition) is 2. The summed E-state index contributed by atoms with van der Waals surface area (Å²) in [5, 5.41) is 6.09. The van der Waals surface area contributed by atoms with Gasteiger partial charge in [0.1, 0.15) is 0 Å². The van der Waals surface area contributed by atoms with Crippen LogP contribution >= 0.6 is 0 Å². The normalized spacial score (nSPS) is 15.0. The van der Waals surface area contributed by atoms with Crippen LogP contribution in [0, 0.1) is 0 Å². The number of nitrogens with one attached hydrogen (secondary N) is 2. The van der Waals surface area contributed by atoms with Crippen molar-refractivity contribution in [1.82, 2.24) is 5.32 Å². The zero-order chi connectivity index (χ0) is 11.1. The Bertz CT molecular complexity index is 410. The van der Waals surface area contributed by atoms with Gasteiger partial charge in [-0.05, 0) is 38.1 Å². The molecular formula is C12H16N2O. The first-order valence-electron chi connectivity index (χ1n) is 5.15. The number of hydrogen-bond donors (Lipinski definition) is 2. The Labute approximate surface area is 89.9 Å². The van der Waals surface area contributed by atoms with E-state index in [1.165, 1.54) is 5.56 Å². The first-order valence-corrected chi connectivity index (χ1v) is 5.15. The van der Waals surface area contributed by atoms with Crippen LogP contribution in [0.2, 0.25) is 0 Å². The van der Waals surface area contributed by atoms with Crippen molar-refractivity contribution in [1.29, 1.82) is 0 Å². The molecule has 80 valence electrons. The summed E-state index contributed by atoms with van der Waals surface area (Å²) in [6.07, 6.45) is 0.503. The highest BCUT2D eigenvalue weighted by Crippen LogP contribution is 2.28. The average molecular weight is 204 g/mol. The summed E-state index contributed by atoms with van der Waals surface area (Å²) in [6.45, 7) is 4.25. The number of carbonyl (C=O) groups excluding carboxylic acids is 1. The molecule has 0 atom stereocenters. The van der Waals surface area contributed by atoms with E-state index in [-0.39, 0.29) is 11.4 Å². The highest BCUT2D eigenvalue weighted by molar-refractivity contribution is 5.99. The fourth-order valence-electron chi connectivity index (χ4n) is 1.76. The summed E-state index contributed by atoms with van der Waals surface area (Å²) in [5.41, 5.74) is 3.21. The molecule has 15 heavy (non-hydrogen) atoms. The van der Waals surface area contributed by atoms with E-state index in [1.807, 2.05) is 13.1 Å². The number of carbonyl (C=O) groups is 1. The van der Waals surface area contributed by atoms with E-state index in [0.717, 1.165) is 11.3 Å². The second-order valence-electron chi connectivity index (χ2n) is 4.47. The molecule has 0 saturated heterocycles. The Morgan fingerprint density at radius 2 is 2.13 bits per heavy atom. The standard InChI is InChI=1S/C12H16N2O/c1-12(2,13-3)9-4-5-10-8(6-9)7-11(15)14-10/h4-6,13H,7H2,1-3H3,(H,14,15). The van der Waals surface area contributed by atoms with Gasteiger partial charge in [-0.25, -0.2) is 0 Å². The maximum atomic E-state index is 11.2. The first-order chi connectivity index (χ1) is 7.03. The van der Waals surface area contributed by atoms with E-state index in [4.69, 9.17) is 0 Å². The van der Waals surface area contributed by atoms with E-state index in [2.05, 4.69) is 36.6 Å². The second kappa shape index (κ2) is 3.35. The van der Waals surface area contributed by atoms with Crippen LogP contribution in [0.25, 0.3) is 0 Å². The van der Waals surface area contributed by atoms with E-state index < -0.39 is 0 Å². The summed E-state index contributed by atoms with van der Waals surface area (Å²) in [5.74, 6) is 0.0874. The minimum Gasteiger partial charge on any atom is -0.326 e. The maximum absolute atomic E-state index is 11.2. The molecule has 0 unspecified atom stereocenters. The molecule has 0 aromatic heterocycles. The molecule has 1 aliphatic rings. The van der Waals surface area contributed by atoms with Crippen LogP contribution in [0.3, 0.4) is 0 Å². The third-order valence-corrected chi connectivity index (χ3v) is 3.08. The van der Waals surface area contributed by atoms with Gasteiger partial charge in [-0.2, -0.15) is 0 Å².